The van der Waals surface area contributed by atoms with Gasteiger partial charge in [-0.25, -0.2) is 8.78 Å². The van der Waals surface area contributed by atoms with E-state index >= 15 is 0 Å². The second-order valence-corrected chi connectivity index (χ2v) is 5.31. The maximum absolute atomic E-state index is 13.3. The molecule has 3 N–H and O–H groups in total. The smallest absolute Gasteiger partial charge is 0.248 e. The minimum absolute atomic E-state index is 0.168. The summed E-state index contributed by atoms with van der Waals surface area (Å²) in [4.78, 5) is 15.9. The maximum atomic E-state index is 13.3. The van der Waals surface area contributed by atoms with Gasteiger partial charge >= 0.3 is 0 Å². The summed E-state index contributed by atoms with van der Waals surface area (Å²) in [6.45, 7) is -0.487. The molecule has 0 aromatic carbocycles. The Labute approximate surface area is 121 Å². The number of alkyl halides is 2. The lowest BCUT2D eigenvalue weighted by atomic mass is 9.86. The van der Waals surface area contributed by atoms with E-state index < -0.39 is 36.9 Å². The Bertz CT molecular complexity index is 511. The third-order valence-corrected chi connectivity index (χ3v) is 3.57. The molecule has 1 aromatic heterocycles. The van der Waals surface area contributed by atoms with Crippen molar-refractivity contribution in [2.75, 3.05) is 11.9 Å². The minimum Gasteiger partial charge on any atom is -0.393 e. The van der Waals surface area contributed by atoms with E-state index in [1.807, 2.05) is 0 Å². The summed E-state index contributed by atoms with van der Waals surface area (Å²) in [5, 5.41) is 20.9. The van der Waals surface area contributed by atoms with Gasteiger partial charge in [0, 0.05) is 30.6 Å². The Balaban J connectivity index is 2.02. The van der Waals surface area contributed by atoms with E-state index in [4.69, 9.17) is 5.11 Å². The lowest BCUT2D eigenvalue weighted by molar-refractivity contribution is -0.127. The second kappa shape index (κ2) is 6.44. The fraction of sp³-hybridized carbons (Fsp3) is 0.571. The van der Waals surface area contributed by atoms with Gasteiger partial charge in [-0.3, -0.25) is 9.78 Å². The summed E-state index contributed by atoms with van der Waals surface area (Å²) in [5.74, 6) is -3.95. The van der Waals surface area contributed by atoms with Gasteiger partial charge in [0.2, 0.25) is 11.8 Å². The molecule has 7 heteroatoms. The third kappa shape index (κ3) is 4.18. The highest BCUT2D eigenvalue weighted by atomic mass is 19.3. The first-order valence-corrected chi connectivity index (χ1v) is 6.85. The molecule has 2 rings (SSSR count). The fourth-order valence-corrected chi connectivity index (χ4v) is 2.44. The number of nitrogens with one attached hydrogen (secondary N) is 1. The van der Waals surface area contributed by atoms with E-state index in [2.05, 4.69) is 10.3 Å². The van der Waals surface area contributed by atoms with Crippen LogP contribution >= 0.6 is 0 Å². The first-order chi connectivity index (χ1) is 9.91. The van der Waals surface area contributed by atoms with Gasteiger partial charge < -0.3 is 15.5 Å². The molecule has 0 saturated heterocycles. The summed E-state index contributed by atoms with van der Waals surface area (Å²) in [6.07, 6.45) is 0.406. The number of carbonyl (C=O) groups excluding carboxylic acids is 1. The average molecular weight is 300 g/mol. The fourth-order valence-electron chi connectivity index (χ4n) is 2.44. The topological polar surface area (TPSA) is 82.5 Å². The Morgan fingerprint density at radius 2 is 2.33 bits per heavy atom. The molecule has 5 nitrogen and oxygen atoms in total. The van der Waals surface area contributed by atoms with Crippen molar-refractivity contribution in [3.8, 4) is 0 Å². The zero-order valence-corrected chi connectivity index (χ0v) is 11.4. The molecule has 1 heterocycles. The van der Waals surface area contributed by atoms with Crippen molar-refractivity contribution in [1.29, 1.82) is 0 Å². The van der Waals surface area contributed by atoms with Crippen LogP contribution in [0.25, 0.3) is 0 Å². The molecule has 0 bridgehead atoms. The van der Waals surface area contributed by atoms with Crippen molar-refractivity contribution < 1.29 is 23.8 Å². The zero-order chi connectivity index (χ0) is 15.5. The van der Waals surface area contributed by atoms with Crippen molar-refractivity contribution in [3.63, 3.8) is 0 Å². The Kier molecular flexibility index (Phi) is 4.84. The molecule has 0 aliphatic heterocycles. The second-order valence-electron chi connectivity index (χ2n) is 5.31. The van der Waals surface area contributed by atoms with Gasteiger partial charge in [0.05, 0.1) is 12.3 Å². The van der Waals surface area contributed by atoms with Crippen LogP contribution in [-0.4, -0.2) is 33.6 Å². The number of carbonyl (C=O) groups is 1. The number of aliphatic hydroxyl groups excluding tert-OH is 2. The molecule has 1 fully saturated rings. The minimum atomic E-state index is -2.78. The molecule has 1 aliphatic rings. The molecule has 0 spiro atoms. The van der Waals surface area contributed by atoms with Crippen LogP contribution in [0.15, 0.2) is 18.3 Å². The monoisotopic (exact) mass is 300 g/mol. The van der Waals surface area contributed by atoms with Crippen LogP contribution in [0.4, 0.5) is 14.5 Å². The van der Waals surface area contributed by atoms with Crippen LogP contribution in [0, 0.1) is 5.92 Å². The van der Waals surface area contributed by atoms with E-state index in [1.54, 1.807) is 0 Å². The van der Waals surface area contributed by atoms with Crippen molar-refractivity contribution >= 4 is 11.6 Å². The molecule has 2 atom stereocenters. The van der Waals surface area contributed by atoms with Crippen LogP contribution < -0.4 is 5.32 Å². The largest absolute Gasteiger partial charge is 0.393 e. The number of aromatic nitrogens is 1. The highest BCUT2D eigenvalue weighted by Crippen LogP contribution is 2.37. The zero-order valence-electron chi connectivity index (χ0n) is 11.4. The summed E-state index contributed by atoms with van der Waals surface area (Å²) in [5.41, 5.74) is 0.579. The molecule has 1 aliphatic carbocycles. The summed E-state index contributed by atoms with van der Waals surface area (Å²) < 4.78 is 26.6. The van der Waals surface area contributed by atoms with E-state index in [1.165, 1.54) is 18.3 Å². The molecule has 116 valence electrons. The average Bonchev–Trinajstić information content (AvgIpc) is 2.45. The van der Waals surface area contributed by atoms with Crippen LogP contribution in [-0.2, 0) is 4.79 Å². The van der Waals surface area contributed by atoms with Crippen LogP contribution in [0.5, 0.6) is 0 Å². The molecule has 2 unspecified atom stereocenters. The normalized spacial score (nSPS) is 22.6. The van der Waals surface area contributed by atoms with Crippen LogP contribution in [0.3, 0.4) is 0 Å². The molecule has 1 amide bonds. The number of halogens is 2. The SMILES string of the molecule is O=C(Nc1ccnc(C(O)CO)c1)C1CCCC(F)(F)C1. The van der Waals surface area contributed by atoms with Crippen molar-refractivity contribution in [3.05, 3.63) is 24.0 Å². The number of aliphatic hydroxyl groups is 2. The predicted molar refractivity (Wildman–Crippen MR) is 71.8 cm³/mol. The molecule has 1 saturated carbocycles. The van der Waals surface area contributed by atoms with Gasteiger partial charge in [0.1, 0.15) is 6.10 Å². The molecular formula is C14H18F2N2O3. The van der Waals surface area contributed by atoms with E-state index in [0.29, 0.717) is 18.5 Å². The Hall–Kier alpha value is -1.60. The Morgan fingerprint density at radius 1 is 1.57 bits per heavy atom. The number of nitrogens with zero attached hydrogens (tertiary/aromatic N) is 1. The first-order valence-electron chi connectivity index (χ1n) is 6.85. The lowest BCUT2D eigenvalue weighted by Gasteiger charge is -2.28. The highest BCUT2D eigenvalue weighted by molar-refractivity contribution is 5.92. The predicted octanol–water partition coefficient (Wildman–Crippen LogP) is 1.87. The number of hydrogen-bond donors (Lipinski definition) is 3. The van der Waals surface area contributed by atoms with E-state index in [0.717, 1.165) is 0 Å². The van der Waals surface area contributed by atoms with Gasteiger partial charge in [0.25, 0.3) is 0 Å². The maximum Gasteiger partial charge on any atom is 0.248 e. The molecule has 21 heavy (non-hydrogen) atoms. The summed E-state index contributed by atoms with van der Waals surface area (Å²) in [7, 11) is 0. The van der Waals surface area contributed by atoms with E-state index in [9.17, 15) is 18.7 Å². The molecule has 0 radical (unpaired) electrons. The van der Waals surface area contributed by atoms with Gasteiger partial charge in [-0.1, -0.05) is 0 Å². The number of anilines is 1. The van der Waals surface area contributed by atoms with Gasteiger partial charge in [-0.15, -0.1) is 0 Å². The Morgan fingerprint density at radius 3 is 3.00 bits per heavy atom. The van der Waals surface area contributed by atoms with Crippen LogP contribution in [0.2, 0.25) is 0 Å². The molecule has 1 aromatic rings. The quantitative estimate of drug-likeness (QED) is 0.793. The first kappa shape index (κ1) is 15.8. The van der Waals surface area contributed by atoms with Crippen molar-refractivity contribution in [1.82, 2.24) is 4.98 Å². The van der Waals surface area contributed by atoms with Crippen molar-refractivity contribution in [2.45, 2.75) is 37.7 Å². The standard InChI is InChI=1S/C14H18F2N2O3/c15-14(16)4-1-2-9(7-14)13(21)18-10-3-5-17-11(6-10)12(20)8-19/h3,5-6,9,12,19-20H,1-2,4,7-8H2,(H,17,18,21). The number of rotatable bonds is 4. The van der Waals surface area contributed by atoms with Crippen molar-refractivity contribution in [2.24, 2.45) is 5.92 Å². The number of pyridine rings is 1. The summed E-state index contributed by atoms with van der Waals surface area (Å²) >= 11 is 0. The summed E-state index contributed by atoms with van der Waals surface area (Å²) in [6, 6.07) is 2.92. The van der Waals surface area contributed by atoms with Gasteiger partial charge in [0.15, 0.2) is 0 Å². The van der Waals surface area contributed by atoms with Crippen LogP contribution in [0.1, 0.15) is 37.5 Å². The highest BCUT2D eigenvalue weighted by Gasteiger charge is 2.39. The molecular weight excluding hydrogens is 282 g/mol. The van der Waals surface area contributed by atoms with E-state index in [-0.39, 0.29) is 12.1 Å². The van der Waals surface area contributed by atoms with Gasteiger partial charge in [-0.2, -0.15) is 0 Å². The third-order valence-electron chi connectivity index (χ3n) is 3.57. The number of amides is 1. The lowest BCUT2D eigenvalue weighted by Crippen LogP contribution is -2.33. The number of hydrogen-bond acceptors (Lipinski definition) is 4. The van der Waals surface area contributed by atoms with Gasteiger partial charge in [-0.05, 0) is 25.0 Å².